The summed E-state index contributed by atoms with van der Waals surface area (Å²) in [5.41, 5.74) is 1.94. The molecule has 0 saturated heterocycles. The zero-order valence-electron chi connectivity index (χ0n) is 19.0. The number of hydrogen-bond acceptors (Lipinski definition) is 4. The molecular weight excluding hydrogens is 470 g/mol. The Morgan fingerprint density at radius 3 is 2.40 bits per heavy atom. The number of aromatic nitrogens is 2. The van der Waals surface area contributed by atoms with Gasteiger partial charge in [0.25, 0.3) is 5.91 Å². The quantitative estimate of drug-likeness (QED) is 0.336. The normalized spacial score (nSPS) is 11.9. The van der Waals surface area contributed by atoms with Crippen LogP contribution >= 0.6 is 11.8 Å². The van der Waals surface area contributed by atoms with Gasteiger partial charge in [0.2, 0.25) is 5.91 Å². The summed E-state index contributed by atoms with van der Waals surface area (Å²) >= 11 is 1.64. The molecule has 1 heterocycles. The minimum atomic E-state index is -0.783. The van der Waals surface area contributed by atoms with Crippen LogP contribution in [-0.4, -0.2) is 33.4 Å². The molecule has 4 aromatic rings. The molecule has 0 spiro atoms. The van der Waals surface area contributed by atoms with Crippen molar-refractivity contribution >= 4 is 40.3 Å². The van der Waals surface area contributed by atoms with Gasteiger partial charge in [-0.2, -0.15) is 11.8 Å². The van der Waals surface area contributed by atoms with Gasteiger partial charge in [0.05, 0.1) is 17.1 Å². The molecule has 35 heavy (non-hydrogen) atoms. The van der Waals surface area contributed by atoms with E-state index in [4.69, 9.17) is 4.98 Å². The van der Waals surface area contributed by atoms with Crippen LogP contribution in [0, 0.1) is 11.6 Å². The highest BCUT2D eigenvalue weighted by Crippen LogP contribution is 2.25. The lowest BCUT2D eigenvalue weighted by Crippen LogP contribution is -2.32. The average Bonchev–Trinajstić information content (AvgIpc) is 3.19. The van der Waals surface area contributed by atoms with Crippen molar-refractivity contribution in [2.24, 2.45) is 0 Å². The van der Waals surface area contributed by atoms with Crippen LogP contribution in [0.25, 0.3) is 11.0 Å². The van der Waals surface area contributed by atoms with Gasteiger partial charge in [-0.05, 0) is 54.8 Å². The Morgan fingerprint density at radius 1 is 1.00 bits per heavy atom. The fourth-order valence-electron chi connectivity index (χ4n) is 3.83. The number of carbonyl (C=O) groups excluding carboxylic acids is 2. The van der Waals surface area contributed by atoms with Crippen molar-refractivity contribution in [3.63, 3.8) is 0 Å². The van der Waals surface area contributed by atoms with Gasteiger partial charge in [-0.3, -0.25) is 9.59 Å². The fourth-order valence-corrected chi connectivity index (χ4v) is 4.30. The first-order chi connectivity index (χ1) is 16.9. The molecule has 0 fully saturated rings. The van der Waals surface area contributed by atoms with Gasteiger partial charge in [-0.1, -0.05) is 30.3 Å². The van der Waals surface area contributed by atoms with Gasteiger partial charge in [-0.15, -0.1) is 0 Å². The first kappa shape index (κ1) is 24.4. The van der Waals surface area contributed by atoms with Crippen LogP contribution in [0.2, 0.25) is 0 Å². The van der Waals surface area contributed by atoms with Gasteiger partial charge in [0.15, 0.2) is 0 Å². The number of anilines is 1. The number of benzene rings is 3. The van der Waals surface area contributed by atoms with E-state index in [1.54, 1.807) is 40.6 Å². The summed E-state index contributed by atoms with van der Waals surface area (Å²) in [6.07, 6.45) is 2.57. The number of rotatable bonds is 9. The van der Waals surface area contributed by atoms with Crippen LogP contribution in [0.4, 0.5) is 14.5 Å². The van der Waals surface area contributed by atoms with E-state index in [1.165, 1.54) is 0 Å². The zero-order valence-corrected chi connectivity index (χ0v) is 19.8. The van der Waals surface area contributed by atoms with E-state index in [-0.39, 0.29) is 18.1 Å². The number of para-hydroxylation sites is 2. The number of carbonyl (C=O) groups is 2. The third-order valence-corrected chi connectivity index (χ3v) is 6.04. The summed E-state index contributed by atoms with van der Waals surface area (Å²) in [6.45, 7) is -0.148. The summed E-state index contributed by atoms with van der Waals surface area (Å²) in [7, 11) is 0. The third-order valence-electron chi connectivity index (χ3n) is 5.40. The minimum Gasteiger partial charge on any atom is -0.342 e. The standard InChI is InChI=1S/C26H24F2N4O2S/c1-35-12-11-22(31-26(34)17-7-3-2-4-8-17)25-30-21-9-5-6-10-23(21)32(25)16-24(33)29-20-14-18(27)13-19(28)15-20/h2-10,13-15,22H,11-12,16H2,1H3,(H,29,33)(H,31,34)/t22-/m1/s1. The summed E-state index contributed by atoms with van der Waals surface area (Å²) < 4.78 is 28.9. The summed E-state index contributed by atoms with van der Waals surface area (Å²) in [4.78, 5) is 30.6. The Labute approximate surface area is 205 Å². The lowest BCUT2D eigenvalue weighted by Gasteiger charge is -2.20. The third kappa shape index (κ3) is 6.05. The highest BCUT2D eigenvalue weighted by atomic mass is 32.2. The van der Waals surface area contributed by atoms with E-state index in [1.807, 2.05) is 36.6 Å². The SMILES string of the molecule is CSCC[C@@H](NC(=O)c1ccccc1)c1nc2ccccc2n1CC(=O)Nc1cc(F)cc(F)c1. The first-order valence-corrected chi connectivity index (χ1v) is 12.4. The molecule has 2 amide bonds. The van der Waals surface area contributed by atoms with Crippen LogP contribution < -0.4 is 10.6 Å². The molecule has 0 radical (unpaired) electrons. The molecule has 9 heteroatoms. The maximum atomic E-state index is 13.6. The maximum absolute atomic E-state index is 13.6. The van der Waals surface area contributed by atoms with Gasteiger partial charge in [-0.25, -0.2) is 13.8 Å². The van der Waals surface area contributed by atoms with E-state index in [0.717, 1.165) is 24.0 Å². The van der Waals surface area contributed by atoms with E-state index in [2.05, 4.69) is 10.6 Å². The number of imidazole rings is 1. The van der Waals surface area contributed by atoms with Crippen LogP contribution in [0.5, 0.6) is 0 Å². The number of fused-ring (bicyclic) bond motifs is 1. The van der Waals surface area contributed by atoms with Gasteiger partial charge in [0, 0.05) is 17.3 Å². The maximum Gasteiger partial charge on any atom is 0.251 e. The summed E-state index contributed by atoms with van der Waals surface area (Å²) in [6, 6.07) is 18.6. The second-order valence-electron chi connectivity index (χ2n) is 7.92. The Hall–Kier alpha value is -3.72. The molecule has 6 nitrogen and oxygen atoms in total. The number of nitrogens with one attached hydrogen (secondary N) is 2. The number of amides is 2. The van der Waals surface area contributed by atoms with E-state index in [0.29, 0.717) is 28.8 Å². The molecule has 0 aliphatic heterocycles. The van der Waals surface area contributed by atoms with Crippen LogP contribution in [-0.2, 0) is 11.3 Å². The van der Waals surface area contributed by atoms with E-state index in [9.17, 15) is 18.4 Å². The average molecular weight is 495 g/mol. The molecule has 1 atom stereocenters. The zero-order chi connectivity index (χ0) is 24.8. The predicted octanol–water partition coefficient (Wildman–Crippen LogP) is 5.18. The molecule has 1 aromatic heterocycles. The van der Waals surface area contributed by atoms with Gasteiger partial charge < -0.3 is 15.2 Å². The van der Waals surface area contributed by atoms with Gasteiger partial charge >= 0.3 is 0 Å². The second-order valence-corrected chi connectivity index (χ2v) is 8.91. The number of thioether (sulfide) groups is 1. The molecule has 4 rings (SSSR count). The molecule has 0 bridgehead atoms. The monoisotopic (exact) mass is 494 g/mol. The molecule has 0 aliphatic carbocycles. The lowest BCUT2D eigenvalue weighted by molar-refractivity contribution is -0.116. The van der Waals surface area contributed by atoms with Crippen LogP contribution in [0.15, 0.2) is 72.8 Å². The van der Waals surface area contributed by atoms with Crippen LogP contribution in [0.3, 0.4) is 0 Å². The highest BCUT2D eigenvalue weighted by Gasteiger charge is 2.24. The number of halogens is 2. The van der Waals surface area contributed by atoms with E-state index >= 15 is 0 Å². The van der Waals surface area contributed by atoms with Crippen molar-refractivity contribution in [2.45, 2.75) is 19.0 Å². The molecule has 3 aromatic carbocycles. The fraction of sp³-hybridized carbons (Fsp3) is 0.192. The van der Waals surface area contributed by atoms with Crippen molar-refractivity contribution in [3.8, 4) is 0 Å². The predicted molar refractivity (Wildman–Crippen MR) is 134 cm³/mol. The Bertz CT molecular complexity index is 1320. The van der Waals surface area contributed by atoms with Crippen molar-refractivity contribution < 1.29 is 18.4 Å². The topological polar surface area (TPSA) is 76.0 Å². The Balaban J connectivity index is 1.66. The molecule has 180 valence electrons. The summed E-state index contributed by atoms with van der Waals surface area (Å²) in [5, 5.41) is 5.60. The number of hydrogen-bond donors (Lipinski definition) is 2. The Morgan fingerprint density at radius 2 is 1.69 bits per heavy atom. The largest absolute Gasteiger partial charge is 0.342 e. The molecule has 0 aliphatic rings. The Kier molecular flexibility index (Phi) is 7.77. The van der Waals surface area contributed by atoms with Crippen molar-refractivity contribution in [1.29, 1.82) is 0 Å². The molecule has 2 N–H and O–H groups in total. The van der Waals surface area contributed by atoms with E-state index < -0.39 is 23.6 Å². The molecule has 0 unspecified atom stereocenters. The smallest absolute Gasteiger partial charge is 0.251 e. The molecular formula is C26H24F2N4O2S. The van der Waals surface area contributed by atoms with Crippen LogP contribution in [0.1, 0.15) is 28.6 Å². The van der Waals surface area contributed by atoms with Crippen molar-refractivity contribution in [3.05, 3.63) is 95.8 Å². The summed E-state index contributed by atoms with van der Waals surface area (Å²) in [5.74, 6) is -0.986. The molecule has 0 saturated carbocycles. The highest BCUT2D eigenvalue weighted by molar-refractivity contribution is 7.98. The first-order valence-electron chi connectivity index (χ1n) is 11.0. The van der Waals surface area contributed by atoms with Crippen molar-refractivity contribution in [1.82, 2.24) is 14.9 Å². The number of nitrogens with zero attached hydrogens (tertiary/aromatic N) is 2. The van der Waals surface area contributed by atoms with Gasteiger partial charge in [0.1, 0.15) is 24.0 Å². The van der Waals surface area contributed by atoms with Crippen molar-refractivity contribution in [2.75, 3.05) is 17.3 Å². The minimum absolute atomic E-state index is 0.0229. The lowest BCUT2D eigenvalue weighted by atomic mass is 10.1. The second kappa shape index (κ2) is 11.1.